The van der Waals surface area contributed by atoms with Crippen LogP contribution in [0.2, 0.25) is 0 Å². The van der Waals surface area contributed by atoms with Crippen LogP contribution in [0.5, 0.6) is 0 Å². The summed E-state index contributed by atoms with van der Waals surface area (Å²) in [5, 5.41) is 9.07. The van der Waals surface area contributed by atoms with Gasteiger partial charge in [-0.15, -0.1) is 5.10 Å². The average Bonchev–Trinajstić information content (AvgIpc) is 2.89. The second-order valence-corrected chi connectivity index (χ2v) is 4.97. The van der Waals surface area contributed by atoms with Crippen LogP contribution < -0.4 is 16.6 Å². The molecule has 5 N–H and O–H groups in total. The van der Waals surface area contributed by atoms with Crippen molar-refractivity contribution < 1.29 is 4.79 Å². The maximum Gasteiger partial charge on any atom is 0.254 e. The normalized spacial score (nSPS) is 12.1. The molecule has 0 aromatic carbocycles. The first-order chi connectivity index (χ1) is 10.4. The van der Waals surface area contributed by atoms with Gasteiger partial charge in [0.05, 0.1) is 12.5 Å². The molecule has 0 aliphatic carbocycles. The fourth-order valence-electron chi connectivity index (χ4n) is 2.05. The summed E-state index contributed by atoms with van der Waals surface area (Å²) in [6.07, 6.45) is 0.582. The highest BCUT2D eigenvalue weighted by Crippen LogP contribution is 2.08. The Hall–Kier alpha value is -2.71. The number of hydrogen-bond donors (Lipinski definition) is 4. The summed E-state index contributed by atoms with van der Waals surface area (Å²) < 4.78 is 0. The number of amides is 1. The van der Waals surface area contributed by atoms with Crippen LogP contribution in [0.15, 0.2) is 4.79 Å². The quantitative estimate of drug-likeness (QED) is 0.600. The van der Waals surface area contributed by atoms with Crippen molar-refractivity contribution in [2.24, 2.45) is 0 Å². The van der Waals surface area contributed by atoms with Gasteiger partial charge in [-0.1, -0.05) is 6.92 Å². The van der Waals surface area contributed by atoms with Gasteiger partial charge in [0.2, 0.25) is 11.9 Å². The fraction of sp³-hybridized carbons (Fsp3) is 0.462. The molecule has 2 aromatic rings. The number of H-pyrrole nitrogens is 2. The molecule has 2 rings (SSSR count). The molecule has 0 saturated carbocycles. The van der Waals surface area contributed by atoms with E-state index in [9.17, 15) is 9.59 Å². The third-order valence-electron chi connectivity index (χ3n) is 3.25. The summed E-state index contributed by atoms with van der Waals surface area (Å²) in [6, 6.07) is -0.389. The number of nitrogen functional groups attached to an aromatic ring is 1. The Morgan fingerprint density at radius 1 is 1.41 bits per heavy atom. The third-order valence-corrected chi connectivity index (χ3v) is 3.25. The second-order valence-electron chi connectivity index (χ2n) is 4.97. The molecule has 9 heteroatoms. The van der Waals surface area contributed by atoms with E-state index < -0.39 is 0 Å². The first-order valence-corrected chi connectivity index (χ1v) is 6.96. The van der Waals surface area contributed by atoms with E-state index in [4.69, 9.17) is 5.73 Å². The van der Waals surface area contributed by atoms with E-state index in [1.165, 1.54) is 0 Å². The van der Waals surface area contributed by atoms with Gasteiger partial charge in [0, 0.05) is 17.7 Å². The number of nitrogens with two attached hydrogens (primary N) is 1. The Morgan fingerprint density at radius 2 is 2.14 bits per heavy atom. The molecule has 1 atom stereocenters. The lowest BCUT2D eigenvalue weighted by Gasteiger charge is -2.11. The first-order valence-electron chi connectivity index (χ1n) is 6.96. The summed E-state index contributed by atoms with van der Waals surface area (Å²) in [4.78, 5) is 34.9. The van der Waals surface area contributed by atoms with E-state index in [0.29, 0.717) is 29.3 Å². The molecular weight excluding hydrogens is 286 g/mol. The van der Waals surface area contributed by atoms with Crippen LogP contribution in [0.25, 0.3) is 0 Å². The molecule has 0 aliphatic heterocycles. The fourth-order valence-corrected chi connectivity index (χ4v) is 2.05. The monoisotopic (exact) mass is 305 g/mol. The van der Waals surface area contributed by atoms with E-state index in [-0.39, 0.29) is 29.9 Å². The van der Waals surface area contributed by atoms with Crippen LogP contribution in [0.1, 0.15) is 42.8 Å². The molecule has 0 spiro atoms. The van der Waals surface area contributed by atoms with E-state index in [0.717, 1.165) is 0 Å². The zero-order valence-corrected chi connectivity index (χ0v) is 12.7. The minimum atomic E-state index is -0.389. The maximum absolute atomic E-state index is 12.1. The van der Waals surface area contributed by atoms with Gasteiger partial charge in [0.25, 0.3) is 5.56 Å². The van der Waals surface area contributed by atoms with Gasteiger partial charge in [0.15, 0.2) is 0 Å². The second kappa shape index (κ2) is 6.37. The molecule has 0 fully saturated rings. The van der Waals surface area contributed by atoms with Gasteiger partial charge in [0.1, 0.15) is 11.6 Å². The van der Waals surface area contributed by atoms with Crippen LogP contribution in [-0.4, -0.2) is 31.1 Å². The van der Waals surface area contributed by atoms with Crippen molar-refractivity contribution in [3.63, 3.8) is 0 Å². The molecule has 1 unspecified atom stereocenters. The van der Waals surface area contributed by atoms with Crippen molar-refractivity contribution in [2.45, 2.75) is 39.7 Å². The van der Waals surface area contributed by atoms with Crippen LogP contribution in [0.3, 0.4) is 0 Å². The number of hydrogen-bond acceptors (Lipinski definition) is 6. The van der Waals surface area contributed by atoms with Gasteiger partial charge in [-0.3, -0.25) is 14.7 Å². The predicted molar refractivity (Wildman–Crippen MR) is 80.0 cm³/mol. The maximum atomic E-state index is 12.1. The van der Waals surface area contributed by atoms with E-state index in [2.05, 4.69) is 30.5 Å². The van der Waals surface area contributed by atoms with Crippen molar-refractivity contribution in [1.82, 2.24) is 30.5 Å². The van der Waals surface area contributed by atoms with Gasteiger partial charge >= 0.3 is 0 Å². The van der Waals surface area contributed by atoms with Crippen LogP contribution >= 0.6 is 0 Å². The van der Waals surface area contributed by atoms with Gasteiger partial charge in [-0.05, 0) is 13.8 Å². The zero-order valence-electron chi connectivity index (χ0n) is 12.7. The van der Waals surface area contributed by atoms with Gasteiger partial charge < -0.3 is 16.0 Å². The zero-order chi connectivity index (χ0) is 16.3. The highest BCUT2D eigenvalue weighted by molar-refractivity contribution is 5.79. The molecule has 0 saturated heterocycles. The molecule has 2 heterocycles. The number of nitrogens with one attached hydrogen (secondary N) is 3. The molecule has 2 aromatic heterocycles. The van der Waals surface area contributed by atoms with Gasteiger partial charge in [-0.2, -0.15) is 4.98 Å². The largest absolute Gasteiger partial charge is 0.367 e. The molecule has 1 amide bonds. The summed E-state index contributed by atoms with van der Waals surface area (Å²) in [5.74, 6) is 0.873. The minimum Gasteiger partial charge on any atom is -0.367 e. The molecule has 0 aliphatic rings. The molecule has 22 heavy (non-hydrogen) atoms. The Labute approximate surface area is 126 Å². The predicted octanol–water partition coefficient (Wildman–Crippen LogP) is -0.239. The summed E-state index contributed by atoms with van der Waals surface area (Å²) in [7, 11) is 0. The number of rotatable bonds is 5. The van der Waals surface area contributed by atoms with Crippen LogP contribution in [0, 0.1) is 6.92 Å². The summed E-state index contributed by atoms with van der Waals surface area (Å²) >= 11 is 0. The number of carbonyl (C=O) groups excluding carboxylic acids is 1. The summed E-state index contributed by atoms with van der Waals surface area (Å²) in [5.41, 5.74) is 6.06. The number of aromatic amines is 2. The Morgan fingerprint density at radius 3 is 2.68 bits per heavy atom. The number of aryl methyl sites for hydroxylation is 2. The van der Waals surface area contributed by atoms with E-state index in [1.54, 1.807) is 13.8 Å². The topological polar surface area (TPSA) is 142 Å². The van der Waals surface area contributed by atoms with E-state index >= 15 is 0 Å². The number of nitrogens with zero attached hydrogens (tertiary/aromatic N) is 3. The van der Waals surface area contributed by atoms with Crippen molar-refractivity contribution in [3.05, 3.63) is 33.3 Å². The van der Waals surface area contributed by atoms with E-state index in [1.807, 2.05) is 6.92 Å². The first kappa shape index (κ1) is 15.7. The van der Waals surface area contributed by atoms with Crippen molar-refractivity contribution >= 4 is 11.9 Å². The number of carbonyl (C=O) groups is 1. The summed E-state index contributed by atoms with van der Waals surface area (Å²) in [6.45, 7) is 5.36. The Kier molecular flexibility index (Phi) is 4.54. The number of anilines is 1. The van der Waals surface area contributed by atoms with Gasteiger partial charge in [-0.25, -0.2) is 4.98 Å². The smallest absolute Gasteiger partial charge is 0.254 e. The molecular formula is C13H19N7O2. The minimum absolute atomic E-state index is 0.0495. The average molecular weight is 305 g/mol. The van der Waals surface area contributed by atoms with Crippen molar-refractivity contribution in [2.75, 3.05) is 5.73 Å². The molecule has 0 bridgehead atoms. The highest BCUT2D eigenvalue weighted by atomic mass is 16.2. The lowest BCUT2D eigenvalue weighted by atomic mass is 10.1. The highest BCUT2D eigenvalue weighted by Gasteiger charge is 2.16. The van der Waals surface area contributed by atoms with Crippen LogP contribution in [-0.2, 0) is 17.6 Å². The SMILES string of the molecule is CCc1nc(C)c(CC(=O)NC(C)c2nc(N)n[nH]2)c(=O)[nH]1. The molecule has 118 valence electrons. The number of aromatic nitrogens is 5. The standard InChI is InChI=1S/C13H19N7O2/c1-4-9-15-6(2)8(12(22)17-9)5-10(21)16-7(3)11-18-13(14)20-19-11/h7H,4-5H2,1-3H3,(H,16,21)(H,15,17,22)(H3,14,18,19,20). The Bertz CT molecular complexity index is 734. The third kappa shape index (κ3) is 3.48. The lowest BCUT2D eigenvalue weighted by Crippen LogP contribution is -2.31. The molecule has 0 radical (unpaired) electrons. The lowest BCUT2D eigenvalue weighted by molar-refractivity contribution is -0.121. The molecule has 9 nitrogen and oxygen atoms in total. The Balaban J connectivity index is 2.08. The van der Waals surface area contributed by atoms with Crippen molar-refractivity contribution in [1.29, 1.82) is 0 Å². The van der Waals surface area contributed by atoms with Crippen LogP contribution in [0.4, 0.5) is 5.95 Å². The van der Waals surface area contributed by atoms with Crippen molar-refractivity contribution in [3.8, 4) is 0 Å².